The molecule has 1 aromatic heterocycles. The monoisotopic (exact) mass is 213 g/mol. The molecule has 72 valence electrons. The van der Waals surface area contributed by atoms with E-state index >= 15 is 0 Å². The summed E-state index contributed by atoms with van der Waals surface area (Å²) < 4.78 is 0. The molecule has 0 radical (unpaired) electrons. The van der Waals surface area contributed by atoms with Crippen LogP contribution in [0.15, 0.2) is 12.1 Å². The lowest BCUT2D eigenvalue weighted by Gasteiger charge is -2.06. The summed E-state index contributed by atoms with van der Waals surface area (Å²) in [7, 11) is 0. The molecule has 0 aromatic carbocycles. The van der Waals surface area contributed by atoms with Crippen molar-refractivity contribution in [2.45, 2.75) is 26.7 Å². The maximum atomic E-state index is 5.56. The van der Waals surface area contributed by atoms with Gasteiger partial charge < -0.3 is 5.73 Å². The van der Waals surface area contributed by atoms with Crippen molar-refractivity contribution >= 4 is 28.5 Å². The van der Waals surface area contributed by atoms with Gasteiger partial charge in [-0.15, -0.1) is 11.3 Å². The topological polar surface area (TPSA) is 26.0 Å². The van der Waals surface area contributed by atoms with Crippen LogP contribution < -0.4 is 5.73 Å². The predicted octanol–water partition coefficient (Wildman–Crippen LogP) is 2.78. The van der Waals surface area contributed by atoms with Crippen LogP contribution in [0.3, 0.4) is 0 Å². The number of hydrogen-bond donors (Lipinski definition) is 1. The van der Waals surface area contributed by atoms with E-state index in [1.54, 1.807) is 0 Å². The Bertz CT molecular complexity index is 291. The maximum Gasteiger partial charge on any atom is 0.0759 e. The highest BCUT2D eigenvalue weighted by molar-refractivity contribution is 7.80. The maximum absolute atomic E-state index is 5.56. The van der Waals surface area contributed by atoms with Crippen LogP contribution >= 0.6 is 23.6 Å². The molecule has 1 nitrogen and oxygen atoms in total. The molecule has 0 amide bonds. The van der Waals surface area contributed by atoms with Gasteiger partial charge in [0, 0.05) is 15.7 Å². The minimum absolute atomic E-state index is 0.318. The molecule has 0 aliphatic carbocycles. The zero-order chi connectivity index (χ0) is 9.84. The van der Waals surface area contributed by atoms with Crippen LogP contribution in [0.5, 0.6) is 0 Å². The molecule has 2 N–H and O–H groups in total. The van der Waals surface area contributed by atoms with Crippen molar-refractivity contribution in [3.05, 3.63) is 21.9 Å². The van der Waals surface area contributed by atoms with E-state index in [4.69, 9.17) is 18.0 Å². The molecule has 0 aliphatic rings. The van der Waals surface area contributed by atoms with Gasteiger partial charge in [0.15, 0.2) is 0 Å². The van der Waals surface area contributed by atoms with E-state index in [9.17, 15) is 0 Å². The highest BCUT2D eigenvalue weighted by atomic mass is 32.1. The molecule has 1 atom stereocenters. The fraction of sp³-hybridized carbons (Fsp3) is 0.500. The molecule has 0 spiro atoms. The number of nitrogens with two attached hydrogens (primary N) is 1. The lowest BCUT2D eigenvalue weighted by molar-refractivity contribution is 0.782. The fourth-order valence-corrected chi connectivity index (χ4v) is 2.29. The Morgan fingerprint density at radius 2 is 2.15 bits per heavy atom. The lowest BCUT2D eigenvalue weighted by Crippen LogP contribution is -2.19. The first-order valence-corrected chi connectivity index (χ1v) is 5.72. The third-order valence-electron chi connectivity index (χ3n) is 2.06. The van der Waals surface area contributed by atoms with E-state index in [1.165, 1.54) is 9.75 Å². The molecule has 0 fully saturated rings. The average molecular weight is 213 g/mol. The molecule has 0 aliphatic heterocycles. The molecule has 1 aromatic rings. The van der Waals surface area contributed by atoms with Crippen molar-refractivity contribution in [2.75, 3.05) is 0 Å². The van der Waals surface area contributed by atoms with E-state index in [2.05, 4.69) is 26.0 Å². The summed E-state index contributed by atoms with van der Waals surface area (Å²) in [5.41, 5.74) is 5.56. The van der Waals surface area contributed by atoms with E-state index < -0.39 is 0 Å². The molecule has 1 rings (SSSR count). The number of thiocarbonyl (C=S) groups is 1. The smallest absolute Gasteiger partial charge is 0.0759 e. The summed E-state index contributed by atoms with van der Waals surface area (Å²) in [5.74, 6) is 0.318. The molecule has 0 saturated heterocycles. The number of thiophene rings is 1. The number of aryl methyl sites for hydroxylation is 1. The first kappa shape index (κ1) is 10.7. The zero-order valence-corrected chi connectivity index (χ0v) is 9.67. The van der Waals surface area contributed by atoms with Gasteiger partial charge in [-0.25, -0.2) is 0 Å². The molecule has 1 unspecified atom stereocenters. The van der Waals surface area contributed by atoms with Gasteiger partial charge in [0.2, 0.25) is 0 Å². The SMILES string of the molecule is CCc1ccc(CC(C)C(N)=S)s1. The van der Waals surface area contributed by atoms with Crippen LogP contribution in [0.25, 0.3) is 0 Å². The van der Waals surface area contributed by atoms with Gasteiger partial charge in [0.25, 0.3) is 0 Å². The van der Waals surface area contributed by atoms with Crippen molar-refractivity contribution in [1.29, 1.82) is 0 Å². The Morgan fingerprint density at radius 3 is 2.62 bits per heavy atom. The van der Waals surface area contributed by atoms with Crippen molar-refractivity contribution in [2.24, 2.45) is 11.7 Å². The summed E-state index contributed by atoms with van der Waals surface area (Å²) in [6.45, 7) is 4.25. The molecular weight excluding hydrogens is 198 g/mol. The molecule has 3 heteroatoms. The Labute approximate surface area is 89.0 Å². The third kappa shape index (κ3) is 3.08. The van der Waals surface area contributed by atoms with Crippen LogP contribution in [-0.2, 0) is 12.8 Å². The number of rotatable bonds is 4. The Hall–Kier alpha value is -0.410. The number of hydrogen-bond acceptors (Lipinski definition) is 2. The molecule has 1 heterocycles. The molecular formula is C10H15NS2. The Balaban J connectivity index is 2.58. The van der Waals surface area contributed by atoms with Gasteiger partial charge in [-0.3, -0.25) is 0 Å². The van der Waals surface area contributed by atoms with Gasteiger partial charge in [-0.1, -0.05) is 26.1 Å². The largest absolute Gasteiger partial charge is 0.393 e. The molecule has 0 saturated carbocycles. The van der Waals surface area contributed by atoms with Gasteiger partial charge in [-0.05, 0) is 25.0 Å². The highest BCUT2D eigenvalue weighted by Crippen LogP contribution is 2.20. The fourth-order valence-electron chi connectivity index (χ4n) is 1.12. The van der Waals surface area contributed by atoms with Crippen molar-refractivity contribution in [3.63, 3.8) is 0 Å². The van der Waals surface area contributed by atoms with E-state index in [1.807, 2.05) is 11.3 Å². The Kier molecular flexibility index (Phi) is 3.88. The first-order chi connectivity index (χ1) is 6.13. The summed E-state index contributed by atoms with van der Waals surface area (Å²) >= 11 is 6.80. The second-order valence-corrected chi connectivity index (χ2v) is 4.95. The second kappa shape index (κ2) is 4.72. The second-order valence-electron chi connectivity index (χ2n) is 3.23. The van der Waals surface area contributed by atoms with E-state index in [-0.39, 0.29) is 0 Å². The third-order valence-corrected chi connectivity index (χ3v) is 3.71. The van der Waals surface area contributed by atoms with Gasteiger partial charge in [0.05, 0.1) is 4.99 Å². The van der Waals surface area contributed by atoms with Gasteiger partial charge in [-0.2, -0.15) is 0 Å². The highest BCUT2D eigenvalue weighted by Gasteiger charge is 2.07. The quantitative estimate of drug-likeness (QED) is 0.778. The normalized spacial score (nSPS) is 12.8. The molecule has 0 bridgehead atoms. The van der Waals surface area contributed by atoms with Crippen LogP contribution in [0.1, 0.15) is 23.6 Å². The lowest BCUT2D eigenvalue weighted by atomic mass is 10.1. The van der Waals surface area contributed by atoms with Crippen LogP contribution in [0.4, 0.5) is 0 Å². The average Bonchev–Trinajstić information content (AvgIpc) is 2.52. The van der Waals surface area contributed by atoms with Crippen LogP contribution in [0, 0.1) is 5.92 Å². The van der Waals surface area contributed by atoms with Crippen LogP contribution in [-0.4, -0.2) is 4.99 Å². The summed E-state index contributed by atoms with van der Waals surface area (Å²) in [6, 6.07) is 4.37. The summed E-state index contributed by atoms with van der Waals surface area (Å²) in [6.07, 6.45) is 2.10. The first-order valence-electron chi connectivity index (χ1n) is 4.50. The predicted molar refractivity (Wildman–Crippen MR) is 63.4 cm³/mol. The van der Waals surface area contributed by atoms with Gasteiger partial charge >= 0.3 is 0 Å². The van der Waals surface area contributed by atoms with Crippen molar-refractivity contribution in [1.82, 2.24) is 0 Å². The van der Waals surface area contributed by atoms with Crippen molar-refractivity contribution in [3.8, 4) is 0 Å². The van der Waals surface area contributed by atoms with E-state index in [0.29, 0.717) is 10.9 Å². The van der Waals surface area contributed by atoms with Crippen LogP contribution in [0.2, 0.25) is 0 Å². The zero-order valence-electron chi connectivity index (χ0n) is 8.04. The van der Waals surface area contributed by atoms with Crippen molar-refractivity contribution < 1.29 is 0 Å². The standard InChI is InChI=1S/C10H15NS2/c1-3-8-4-5-9(13-8)6-7(2)10(11)12/h4-5,7H,3,6H2,1-2H3,(H2,11,12). The summed E-state index contributed by atoms with van der Waals surface area (Å²) in [5, 5.41) is 0. The minimum atomic E-state index is 0.318. The summed E-state index contributed by atoms with van der Waals surface area (Å²) in [4.78, 5) is 3.44. The van der Waals surface area contributed by atoms with E-state index in [0.717, 1.165) is 12.8 Å². The minimum Gasteiger partial charge on any atom is -0.393 e. The molecule has 13 heavy (non-hydrogen) atoms. The van der Waals surface area contributed by atoms with Gasteiger partial charge in [0.1, 0.15) is 0 Å². The Morgan fingerprint density at radius 1 is 1.54 bits per heavy atom.